The predicted molar refractivity (Wildman–Crippen MR) is 78.1 cm³/mol. The number of hydrogen-bond acceptors (Lipinski definition) is 4. The maximum Gasteiger partial charge on any atom is 0.165 e. The van der Waals surface area contributed by atoms with Gasteiger partial charge in [0.15, 0.2) is 17.4 Å². The van der Waals surface area contributed by atoms with Crippen LogP contribution in [0.2, 0.25) is 0 Å². The van der Waals surface area contributed by atoms with Gasteiger partial charge >= 0.3 is 0 Å². The van der Waals surface area contributed by atoms with Crippen molar-refractivity contribution in [2.24, 2.45) is 0 Å². The van der Waals surface area contributed by atoms with Crippen LogP contribution in [0.25, 0.3) is 11.4 Å². The van der Waals surface area contributed by atoms with E-state index >= 15 is 0 Å². The molecule has 0 unspecified atom stereocenters. The van der Waals surface area contributed by atoms with Gasteiger partial charge in [-0.2, -0.15) is 0 Å². The van der Waals surface area contributed by atoms with Crippen LogP contribution in [0.15, 0.2) is 22.7 Å². The van der Waals surface area contributed by atoms with Gasteiger partial charge in [0.05, 0.1) is 17.3 Å². The Bertz CT molecular complexity index is 674. The zero-order chi connectivity index (χ0) is 14.3. The normalized spacial score (nSPS) is 14.3. The van der Waals surface area contributed by atoms with E-state index in [0.29, 0.717) is 23.1 Å². The fraction of sp³-hybridized carbons (Fsp3) is 0.286. The van der Waals surface area contributed by atoms with Gasteiger partial charge in [-0.3, -0.25) is 0 Å². The number of halogens is 2. The lowest BCUT2D eigenvalue weighted by Gasteiger charge is -2.09. The molecular formula is C14H13BrFN3O. The third-order valence-corrected chi connectivity index (χ3v) is 4.09. The third-order valence-electron chi connectivity index (χ3n) is 3.28. The molecule has 4 nitrogen and oxygen atoms in total. The third kappa shape index (κ3) is 2.35. The minimum absolute atomic E-state index is 0.196. The van der Waals surface area contributed by atoms with Crippen molar-refractivity contribution in [2.75, 3.05) is 12.8 Å². The molecule has 0 aliphatic heterocycles. The van der Waals surface area contributed by atoms with Gasteiger partial charge in [0.1, 0.15) is 5.82 Å². The second-order valence-corrected chi connectivity index (χ2v) is 5.55. The van der Waals surface area contributed by atoms with E-state index in [0.717, 1.165) is 23.0 Å². The molecule has 0 bridgehead atoms. The quantitative estimate of drug-likeness (QED) is 0.930. The van der Waals surface area contributed by atoms with E-state index in [9.17, 15) is 4.39 Å². The topological polar surface area (TPSA) is 61.0 Å². The molecule has 3 rings (SSSR count). The lowest BCUT2D eigenvalue weighted by Crippen LogP contribution is -2.02. The Labute approximate surface area is 124 Å². The molecule has 1 aliphatic carbocycles. The Hall–Kier alpha value is -1.69. The zero-order valence-corrected chi connectivity index (χ0v) is 12.4. The van der Waals surface area contributed by atoms with Gasteiger partial charge in [-0.05, 0) is 47.0 Å². The summed E-state index contributed by atoms with van der Waals surface area (Å²) in [6.07, 6.45) is 2.21. The minimum atomic E-state index is -0.442. The van der Waals surface area contributed by atoms with Gasteiger partial charge in [-0.1, -0.05) is 0 Å². The molecule has 20 heavy (non-hydrogen) atoms. The van der Waals surface area contributed by atoms with E-state index in [-0.39, 0.29) is 5.75 Å². The monoisotopic (exact) mass is 337 g/mol. The number of methoxy groups -OCH3 is 1. The first-order valence-electron chi connectivity index (χ1n) is 6.27. The molecule has 1 fully saturated rings. The standard InChI is InChI=1S/C14H13BrFN3O/c1-20-10-5-4-8(6-9(10)16)14-18-12(7-2-3-7)11(15)13(17)19-14/h4-7H,2-3H2,1H3,(H2,17,18,19). The first-order chi connectivity index (χ1) is 9.60. The molecule has 1 aliphatic rings. The van der Waals surface area contributed by atoms with Gasteiger partial charge in [0.2, 0.25) is 0 Å². The fourth-order valence-corrected chi connectivity index (χ4v) is 2.55. The van der Waals surface area contributed by atoms with Crippen molar-refractivity contribution in [3.05, 3.63) is 34.2 Å². The molecule has 1 saturated carbocycles. The van der Waals surface area contributed by atoms with Crippen molar-refractivity contribution in [1.29, 1.82) is 0 Å². The summed E-state index contributed by atoms with van der Waals surface area (Å²) in [6.45, 7) is 0. The van der Waals surface area contributed by atoms with E-state index < -0.39 is 5.82 Å². The second kappa shape index (κ2) is 5.01. The van der Waals surface area contributed by atoms with E-state index in [4.69, 9.17) is 10.5 Å². The van der Waals surface area contributed by atoms with Gasteiger partial charge in [-0.15, -0.1) is 0 Å². The van der Waals surface area contributed by atoms with Crippen molar-refractivity contribution in [1.82, 2.24) is 9.97 Å². The summed E-state index contributed by atoms with van der Waals surface area (Å²) in [7, 11) is 1.43. The van der Waals surface area contributed by atoms with Crippen molar-refractivity contribution < 1.29 is 9.13 Å². The van der Waals surface area contributed by atoms with Crippen LogP contribution in [0, 0.1) is 5.82 Å². The van der Waals surface area contributed by atoms with E-state index in [1.807, 2.05) is 0 Å². The van der Waals surface area contributed by atoms with Crippen molar-refractivity contribution in [2.45, 2.75) is 18.8 Å². The molecule has 1 heterocycles. The molecular weight excluding hydrogens is 325 g/mol. The van der Waals surface area contributed by atoms with E-state index in [1.54, 1.807) is 12.1 Å². The highest BCUT2D eigenvalue weighted by molar-refractivity contribution is 9.10. The lowest BCUT2D eigenvalue weighted by molar-refractivity contribution is 0.386. The summed E-state index contributed by atoms with van der Waals surface area (Å²) >= 11 is 3.42. The highest BCUT2D eigenvalue weighted by atomic mass is 79.9. The Morgan fingerprint density at radius 1 is 1.35 bits per heavy atom. The number of nitrogens with zero attached hydrogens (tertiary/aromatic N) is 2. The Morgan fingerprint density at radius 2 is 2.10 bits per heavy atom. The zero-order valence-electron chi connectivity index (χ0n) is 10.9. The molecule has 6 heteroatoms. The molecule has 104 valence electrons. The van der Waals surface area contributed by atoms with E-state index in [2.05, 4.69) is 25.9 Å². The molecule has 0 amide bonds. The number of nitrogens with two attached hydrogens (primary N) is 1. The molecule has 0 saturated heterocycles. The molecule has 1 aromatic carbocycles. The molecule has 0 radical (unpaired) electrons. The van der Waals surface area contributed by atoms with Gasteiger partial charge in [0, 0.05) is 11.5 Å². The molecule has 2 aromatic rings. The van der Waals surface area contributed by atoms with Crippen LogP contribution in [0.3, 0.4) is 0 Å². The fourth-order valence-electron chi connectivity index (χ4n) is 2.04. The summed E-state index contributed by atoms with van der Waals surface area (Å²) in [5, 5.41) is 0. The summed E-state index contributed by atoms with van der Waals surface area (Å²) in [5.74, 6) is 1.00. The lowest BCUT2D eigenvalue weighted by atomic mass is 10.2. The minimum Gasteiger partial charge on any atom is -0.494 e. The van der Waals surface area contributed by atoms with Gasteiger partial charge in [0.25, 0.3) is 0 Å². The Balaban J connectivity index is 2.07. The Morgan fingerprint density at radius 3 is 2.70 bits per heavy atom. The molecule has 2 N–H and O–H groups in total. The van der Waals surface area contributed by atoms with Crippen molar-refractivity contribution in [3.63, 3.8) is 0 Å². The maximum absolute atomic E-state index is 13.8. The summed E-state index contributed by atoms with van der Waals surface area (Å²) < 4.78 is 19.4. The number of benzene rings is 1. The van der Waals surface area contributed by atoms with Crippen LogP contribution >= 0.6 is 15.9 Å². The average molecular weight is 338 g/mol. The highest BCUT2D eigenvalue weighted by Crippen LogP contribution is 2.44. The summed E-state index contributed by atoms with van der Waals surface area (Å²) in [4.78, 5) is 8.74. The number of anilines is 1. The summed E-state index contributed by atoms with van der Waals surface area (Å²) in [5.41, 5.74) is 7.40. The first-order valence-corrected chi connectivity index (χ1v) is 7.06. The number of hydrogen-bond donors (Lipinski definition) is 1. The number of aromatic nitrogens is 2. The van der Waals surface area contributed by atoms with Crippen LogP contribution in [-0.4, -0.2) is 17.1 Å². The van der Waals surface area contributed by atoms with Crippen LogP contribution in [0.5, 0.6) is 5.75 Å². The van der Waals surface area contributed by atoms with Crippen LogP contribution < -0.4 is 10.5 Å². The predicted octanol–water partition coefficient (Wildman–Crippen LogP) is 3.51. The smallest absolute Gasteiger partial charge is 0.165 e. The Kier molecular flexibility index (Phi) is 3.33. The molecule has 0 atom stereocenters. The van der Waals surface area contributed by atoms with Crippen LogP contribution in [0.1, 0.15) is 24.5 Å². The molecule has 1 aromatic heterocycles. The second-order valence-electron chi connectivity index (χ2n) is 4.76. The van der Waals surface area contributed by atoms with Crippen molar-refractivity contribution in [3.8, 4) is 17.1 Å². The van der Waals surface area contributed by atoms with Crippen LogP contribution in [-0.2, 0) is 0 Å². The number of rotatable bonds is 3. The van der Waals surface area contributed by atoms with E-state index in [1.165, 1.54) is 13.2 Å². The van der Waals surface area contributed by atoms with Crippen LogP contribution in [0.4, 0.5) is 10.2 Å². The van der Waals surface area contributed by atoms with Crippen molar-refractivity contribution >= 4 is 21.7 Å². The SMILES string of the molecule is COc1ccc(-c2nc(N)c(Br)c(C3CC3)n2)cc1F. The molecule has 0 spiro atoms. The van der Waals surface area contributed by atoms with Gasteiger partial charge < -0.3 is 10.5 Å². The maximum atomic E-state index is 13.8. The first kappa shape index (κ1) is 13.3. The van der Waals surface area contributed by atoms with Gasteiger partial charge in [-0.25, -0.2) is 14.4 Å². The highest BCUT2D eigenvalue weighted by Gasteiger charge is 2.29. The summed E-state index contributed by atoms with van der Waals surface area (Å²) in [6, 6.07) is 4.64. The average Bonchev–Trinajstić information content (AvgIpc) is 3.26. The number of nitrogen functional groups attached to an aromatic ring is 1. The number of ether oxygens (including phenoxy) is 1. The largest absolute Gasteiger partial charge is 0.494 e.